The van der Waals surface area contributed by atoms with Gasteiger partial charge in [0.25, 0.3) is 0 Å². The topological polar surface area (TPSA) is 70.7 Å². The van der Waals surface area contributed by atoms with Gasteiger partial charge < -0.3 is 15.4 Å². The molecular formula is C27H35Cl2N3O3S. The van der Waals surface area contributed by atoms with Gasteiger partial charge in [-0.05, 0) is 48.7 Å². The molecule has 1 saturated heterocycles. The summed E-state index contributed by atoms with van der Waals surface area (Å²) in [4.78, 5) is 0. The highest BCUT2D eigenvalue weighted by molar-refractivity contribution is 7.92. The molecule has 0 aromatic heterocycles. The highest BCUT2D eigenvalue weighted by Gasteiger charge is 2.26. The lowest BCUT2D eigenvalue weighted by molar-refractivity contribution is 0.303. The molecule has 2 N–H and O–H groups in total. The van der Waals surface area contributed by atoms with E-state index in [1.54, 1.807) is 20.2 Å². The molecule has 4 rings (SSSR count). The van der Waals surface area contributed by atoms with Gasteiger partial charge in [0.1, 0.15) is 5.75 Å². The molecule has 6 nitrogen and oxygen atoms in total. The van der Waals surface area contributed by atoms with Crippen molar-refractivity contribution in [3.63, 3.8) is 0 Å². The van der Waals surface area contributed by atoms with Gasteiger partial charge in [0.15, 0.2) is 0 Å². The summed E-state index contributed by atoms with van der Waals surface area (Å²) in [6, 6.07) is 25.8. The zero-order chi connectivity index (χ0) is 24.0. The Balaban J connectivity index is 0.00000228. The van der Waals surface area contributed by atoms with E-state index in [4.69, 9.17) is 4.74 Å². The molecule has 0 saturated carbocycles. The molecule has 0 bridgehead atoms. The summed E-state index contributed by atoms with van der Waals surface area (Å²) in [6.45, 7) is 1.58. The number of nitrogens with zero attached hydrogens (tertiary/aromatic N) is 1. The molecule has 2 atom stereocenters. The molecule has 1 fully saturated rings. The normalized spacial score (nSPS) is 17.4. The number of hydrogen-bond donors (Lipinski definition) is 2. The number of rotatable bonds is 9. The van der Waals surface area contributed by atoms with Crippen LogP contribution in [0.5, 0.6) is 5.75 Å². The summed E-state index contributed by atoms with van der Waals surface area (Å²) in [5.74, 6) is 0.696. The first-order valence-electron chi connectivity index (χ1n) is 11.7. The van der Waals surface area contributed by atoms with Crippen LogP contribution in [0.2, 0.25) is 0 Å². The largest absolute Gasteiger partial charge is 0.496 e. The molecule has 0 amide bonds. The van der Waals surface area contributed by atoms with Crippen molar-refractivity contribution in [3.8, 4) is 5.75 Å². The van der Waals surface area contributed by atoms with Crippen molar-refractivity contribution >= 4 is 40.5 Å². The van der Waals surface area contributed by atoms with Crippen molar-refractivity contribution in [2.45, 2.75) is 37.2 Å². The van der Waals surface area contributed by atoms with E-state index < -0.39 is 10.0 Å². The highest BCUT2D eigenvalue weighted by atomic mass is 35.5. The average Bonchev–Trinajstić information content (AvgIpc) is 2.88. The molecule has 1 aliphatic heterocycles. The minimum absolute atomic E-state index is 0. The molecular weight excluding hydrogens is 517 g/mol. The SMILES string of the molecule is COc1ccc(N(C)S(=O)(=O)Cc2ccccc2)cc1CNC1CCCNC1c1ccccc1.Cl.Cl. The van der Waals surface area contributed by atoms with Crippen LogP contribution in [0.3, 0.4) is 0 Å². The molecule has 2 unspecified atom stereocenters. The highest BCUT2D eigenvalue weighted by Crippen LogP contribution is 2.29. The maximum Gasteiger partial charge on any atom is 0.239 e. The number of ether oxygens (including phenoxy) is 1. The van der Waals surface area contributed by atoms with Crippen molar-refractivity contribution < 1.29 is 13.2 Å². The van der Waals surface area contributed by atoms with Crippen LogP contribution in [0.1, 0.15) is 35.6 Å². The molecule has 0 spiro atoms. The smallest absolute Gasteiger partial charge is 0.239 e. The van der Waals surface area contributed by atoms with Gasteiger partial charge in [0.2, 0.25) is 10.0 Å². The van der Waals surface area contributed by atoms with Crippen LogP contribution >= 0.6 is 24.8 Å². The van der Waals surface area contributed by atoms with Crippen molar-refractivity contribution in [2.24, 2.45) is 0 Å². The van der Waals surface area contributed by atoms with E-state index in [1.807, 2.05) is 48.5 Å². The molecule has 1 heterocycles. The summed E-state index contributed by atoms with van der Waals surface area (Å²) >= 11 is 0. The monoisotopic (exact) mass is 551 g/mol. The molecule has 3 aromatic carbocycles. The predicted octanol–water partition coefficient (Wildman–Crippen LogP) is 5.09. The van der Waals surface area contributed by atoms with Gasteiger partial charge in [0, 0.05) is 31.2 Å². The third-order valence-electron chi connectivity index (χ3n) is 6.41. The zero-order valence-corrected chi connectivity index (χ0v) is 23.0. The number of hydrogen-bond acceptors (Lipinski definition) is 5. The van der Waals surface area contributed by atoms with Gasteiger partial charge >= 0.3 is 0 Å². The van der Waals surface area contributed by atoms with E-state index in [0.29, 0.717) is 12.2 Å². The molecule has 9 heteroatoms. The van der Waals surface area contributed by atoms with Crippen LogP contribution in [0, 0.1) is 0 Å². The first-order chi connectivity index (χ1) is 16.5. The van der Waals surface area contributed by atoms with Gasteiger partial charge in [-0.3, -0.25) is 4.31 Å². The maximum absolute atomic E-state index is 13.0. The third kappa shape index (κ3) is 7.37. The summed E-state index contributed by atoms with van der Waals surface area (Å²) < 4.78 is 33.0. The van der Waals surface area contributed by atoms with Crippen molar-refractivity contribution in [1.29, 1.82) is 0 Å². The van der Waals surface area contributed by atoms with Gasteiger partial charge in [0.05, 0.1) is 18.6 Å². The number of methoxy groups -OCH3 is 1. The van der Waals surface area contributed by atoms with Crippen molar-refractivity contribution in [2.75, 3.05) is 25.0 Å². The maximum atomic E-state index is 13.0. The quantitative estimate of drug-likeness (QED) is 0.387. The second-order valence-corrected chi connectivity index (χ2v) is 10.7. The second-order valence-electron chi connectivity index (χ2n) is 8.68. The van der Waals surface area contributed by atoms with Gasteiger partial charge in [-0.15, -0.1) is 24.8 Å². The fraction of sp³-hybridized carbons (Fsp3) is 0.333. The van der Waals surface area contributed by atoms with E-state index in [2.05, 4.69) is 34.9 Å². The van der Waals surface area contributed by atoms with Gasteiger partial charge in [-0.2, -0.15) is 0 Å². The molecule has 0 radical (unpaired) electrons. The molecule has 36 heavy (non-hydrogen) atoms. The van der Waals surface area contributed by atoms with Crippen LogP contribution < -0.4 is 19.7 Å². The standard InChI is InChI=1S/C27H33N3O3S.2ClH/c1-30(34(31,32)20-21-10-5-3-6-11-21)24-15-16-26(33-2)23(18-24)19-29-25-14-9-17-28-27(25)22-12-7-4-8-13-22;;/h3-8,10-13,15-16,18,25,27-29H,9,14,17,19-20H2,1-2H3;2*1H. The molecule has 3 aromatic rings. The number of anilines is 1. The van der Waals surface area contributed by atoms with Gasteiger partial charge in [-0.25, -0.2) is 8.42 Å². The lowest BCUT2D eigenvalue weighted by Gasteiger charge is -2.34. The van der Waals surface area contributed by atoms with Crippen LogP contribution in [0.4, 0.5) is 5.69 Å². The van der Waals surface area contributed by atoms with E-state index in [-0.39, 0.29) is 42.7 Å². The first kappa shape index (κ1) is 29.9. The lowest BCUT2D eigenvalue weighted by Crippen LogP contribution is -2.45. The van der Waals surface area contributed by atoms with E-state index >= 15 is 0 Å². The van der Waals surface area contributed by atoms with Crippen LogP contribution in [0.15, 0.2) is 78.9 Å². The van der Waals surface area contributed by atoms with E-state index in [1.165, 1.54) is 9.87 Å². The number of sulfonamides is 1. The lowest BCUT2D eigenvalue weighted by atomic mass is 9.92. The Morgan fingerprint density at radius 3 is 2.33 bits per heavy atom. The van der Waals surface area contributed by atoms with Crippen LogP contribution in [-0.4, -0.2) is 35.2 Å². The average molecular weight is 553 g/mol. The fourth-order valence-corrected chi connectivity index (χ4v) is 5.74. The molecule has 196 valence electrons. The Labute approximate surface area is 227 Å². The number of nitrogens with one attached hydrogen (secondary N) is 2. The van der Waals surface area contributed by atoms with Crippen LogP contribution in [0.25, 0.3) is 0 Å². The third-order valence-corrected chi connectivity index (χ3v) is 8.15. The number of piperidine rings is 1. The fourth-order valence-electron chi connectivity index (χ4n) is 4.50. The number of halogens is 2. The first-order valence-corrected chi connectivity index (χ1v) is 13.3. The summed E-state index contributed by atoms with van der Waals surface area (Å²) in [5, 5.41) is 7.34. The van der Waals surface area contributed by atoms with E-state index in [9.17, 15) is 8.42 Å². The Morgan fingerprint density at radius 1 is 1.00 bits per heavy atom. The zero-order valence-electron chi connectivity index (χ0n) is 20.6. The molecule has 1 aliphatic rings. The Morgan fingerprint density at radius 2 is 1.67 bits per heavy atom. The van der Waals surface area contributed by atoms with Crippen molar-refractivity contribution in [3.05, 3.63) is 95.6 Å². The Kier molecular flexibility index (Phi) is 11.5. The predicted molar refractivity (Wildman–Crippen MR) is 152 cm³/mol. The molecule has 0 aliphatic carbocycles. The second kappa shape index (κ2) is 13.9. The minimum atomic E-state index is -3.52. The van der Waals surface area contributed by atoms with Crippen molar-refractivity contribution in [1.82, 2.24) is 10.6 Å². The van der Waals surface area contributed by atoms with E-state index in [0.717, 1.165) is 36.3 Å². The Hall–Kier alpha value is -2.29. The summed E-state index contributed by atoms with van der Waals surface area (Å²) in [6.07, 6.45) is 2.18. The summed E-state index contributed by atoms with van der Waals surface area (Å²) in [5.41, 5.74) is 3.59. The van der Waals surface area contributed by atoms with Crippen LogP contribution in [-0.2, 0) is 22.3 Å². The minimum Gasteiger partial charge on any atom is -0.496 e. The van der Waals surface area contributed by atoms with Gasteiger partial charge in [-0.1, -0.05) is 60.7 Å². The Bertz CT molecular complexity index is 1180. The number of benzene rings is 3. The summed E-state index contributed by atoms with van der Waals surface area (Å²) in [7, 11) is -0.274.